The summed E-state index contributed by atoms with van der Waals surface area (Å²) in [6.07, 6.45) is 0. The largest absolute Gasteiger partial charge is 0.399 e. The molecule has 0 aromatic heterocycles. The predicted octanol–water partition coefficient (Wildman–Crippen LogP) is 1.20. The number of hydrogen-bond donors (Lipinski definition) is 3. The third-order valence-electron chi connectivity index (χ3n) is 2.33. The van der Waals surface area contributed by atoms with E-state index in [-0.39, 0.29) is 5.56 Å². The molecule has 0 aliphatic heterocycles. The second-order valence-electron chi connectivity index (χ2n) is 3.65. The van der Waals surface area contributed by atoms with Crippen LogP contribution in [0.25, 0.3) is 0 Å². The predicted molar refractivity (Wildman–Crippen MR) is 76.4 cm³/mol. The fraction of sp³-hybridized carbons (Fsp3) is 0.364. The highest BCUT2D eigenvalue weighted by Crippen LogP contribution is 2.28. The zero-order valence-electron chi connectivity index (χ0n) is 10.0. The Morgan fingerprint density at radius 3 is 2.72 bits per heavy atom. The standard InChI is InChI=1S/C11H16ClN3O2S/c1-2-18(17)4-3-15-10-8(11(14)16)5-7(13)6-9(10)12/h5-6,15H,2-4,13H2,1H3,(H2,14,16). The molecule has 5 nitrogen and oxygen atoms in total. The molecule has 0 heterocycles. The molecule has 0 radical (unpaired) electrons. The van der Waals surface area contributed by atoms with Gasteiger partial charge in [-0.2, -0.15) is 0 Å². The lowest BCUT2D eigenvalue weighted by atomic mass is 10.1. The van der Waals surface area contributed by atoms with Crippen molar-refractivity contribution in [2.24, 2.45) is 5.73 Å². The molecular formula is C11H16ClN3O2S. The number of benzene rings is 1. The van der Waals surface area contributed by atoms with Gasteiger partial charge in [0.2, 0.25) is 0 Å². The number of primary amides is 1. The zero-order valence-corrected chi connectivity index (χ0v) is 11.6. The molecular weight excluding hydrogens is 274 g/mol. The molecule has 0 aliphatic carbocycles. The summed E-state index contributed by atoms with van der Waals surface area (Å²) in [6, 6.07) is 3.00. The Balaban J connectivity index is 2.87. The molecule has 0 spiro atoms. The van der Waals surface area contributed by atoms with Crippen molar-refractivity contribution < 1.29 is 9.00 Å². The highest BCUT2D eigenvalue weighted by Gasteiger charge is 2.13. The summed E-state index contributed by atoms with van der Waals surface area (Å²) in [5.41, 5.74) is 11.9. The molecule has 1 aromatic rings. The van der Waals surface area contributed by atoms with Crippen molar-refractivity contribution >= 4 is 39.7 Å². The van der Waals surface area contributed by atoms with Crippen LogP contribution in [0.4, 0.5) is 11.4 Å². The first-order valence-corrected chi connectivity index (χ1v) is 7.30. The van der Waals surface area contributed by atoms with Crippen molar-refractivity contribution in [2.45, 2.75) is 6.92 Å². The molecule has 5 N–H and O–H groups in total. The summed E-state index contributed by atoms with van der Waals surface area (Å²) in [5, 5.41) is 3.30. The Hall–Kier alpha value is -1.27. The van der Waals surface area contributed by atoms with E-state index in [1.165, 1.54) is 12.1 Å². The Kier molecular flexibility index (Phi) is 5.43. The molecule has 0 saturated carbocycles. The second kappa shape index (κ2) is 6.61. The van der Waals surface area contributed by atoms with Gasteiger partial charge in [-0.05, 0) is 12.1 Å². The lowest BCUT2D eigenvalue weighted by Crippen LogP contribution is -2.18. The summed E-state index contributed by atoms with van der Waals surface area (Å²) < 4.78 is 11.3. The lowest BCUT2D eigenvalue weighted by Gasteiger charge is -2.12. The number of hydrogen-bond acceptors (Lipinski definition) is 4. The van der Waals surface area contributed by atoms with E-state index in [4.69, 9.17) is 23.1 Å². The smallest absolute Gasteiger partial charge is 0.250 e. The summed E-state index contributed by atoms with van der Waals surface area (Å²) in [5.74, 6) is 0.471. The molecule has 1 amide bonds. The second-order valence-corrected chi connectivity index (χ2v) is 5.92. The van der Waals surface area contributed by atoms with Gasteiger partial charge in [-0.15, -0.1) is 0 Å². The van der Waals surface area contributed by atoms with Crippen molar-refractivity contribution in [1.82, 2.24) is 0 Å². The van der Waals surface area contributed by atoms with E-state index in [1.807, 2.05) is 6.92 Å². The number of nitrogens with two attached hydrogens (primary N) is 2. The number of nitrogens with one attached hydrogen (secondary N) is 1. The molecule has 1 unspecified atom stereocenters. The van der Waals surface area contributed by atoms with Gasteiger partial charge in [-0.1, -0.05) is 18.5 Å². The number of amides is 1. The third-order valence-corrected chi connectivity index (χ3v) is 3.93. The average Bonchev–Trinajstić information content (AvgIpc) is 2.30. The Labute approximate surface area is 113 Å². The topological polar surface area (TPSA) is 98.2 Å². The molecule has 1 aromatic carbocycles. The minimum atomic E-state index is -0.875. The molecule has 100 valence electrons. The minimum Gasteiger partial charge on any atom is -0.399 e. The molecule has 1 atom stereocenters. The van der Waals surface area contributed by atoms with Crippen molar-refractivity contribution in [3.8, 4) is 0 Å². The molecule has 1 rings (SSSR count). The van der Waals surface area contributed by atoms with Gasteiger partial charge >= 0.3 is 0 Å². The van der Waals surface area contributed by atoms with Gasteiger partial charge in [0.15, 0.2) is 0 Å². The van der Waals surface area contributed by atoms with Crippen LogP contribution < -0.4 is 16.8 Å². The van der Waals surface area contributed by atoms with Crippen molar-refractivity contribution in [3.63, 3.8) is 0 Å². The van der Waals surface area contributed by atoms with Crippen LogP contribution in [0.2, 0.25) is 5.02 Å². The number of carbonyl (C=O) groups excluding carboxylic acids is 1. The number of nitrogen functional groups attached to an aromatic ring is 1. The highest BCUT2D eigenvalue weighted by atomic mass is 35.5. The van der Waals surface area contributed by atoms with E-state index in [1.54, 1.807) is 0 Å². The maximum atomic E-state index is 11.3. The van der Waals surface area contributed by atoms with E-state index in [0.717, 1.165) is 0 Å². The van der Waals surface area contributed by atoms with Gasteiger partial charge in [0.25, 0.3) is 5.91 Å². The number of halogens is 1. The van der Waals surface area contributed by atoms with Crippen LogP contribution in [0.3, 0.4) is 0 Å². The van der Waals surface area contributed by atoms with Gasteiger partial charge in [-0.3, -0.25) is 9.00 Å². The summed E-state index contributed by atoms with van der Waals surface area (Å²) in [7, 11) is -0.875. The first-order chi connectivity index (χ1) is 8.45. The van der Waals surface area contributed by atoms with Crippen LogP contribution in [0.5, 0.6) is 0 Å². The van der Waals surface area contributed by atoms with Crippen molar-refractivity contribution in [1.29, 1.82) is 0 Å². The van der Waals surface area contributed by atoms with E-state index in [0.29, 0.717) is 34.4 Å². The van der Waals surface area contributed by atoms with Crippen molar-refractivity contribution in [3.05, 3.63) is 22.7 Å². The molecule has 0 saturated heterocycles. The number of rotatable bonds is 6. The molecule has 0 bridgehead atoms. The van der Waals surface area contributed by atoms with Gasteiger partial charge < -0.3 is 16.8 Å². The molecule has 0 fully saturated rings. The van der Waals surface area contributed by atoms with Crippen LogP contribution in [0.15, 0.2) is 12.1 Å². The van der Waals surface area contributed by atoms with Crippen LogP contribution >= 0.6 is 11.6 Å². The van der Waals surface area contributed by atoms with Gasteiger partial charge in [0.05, 0.1) is 16.3 Å². The normalized spacial score (nSPS) is 12.1. The van der Waals surface area contributed by atoms with Crippen LogP contribution in [0, 0.1) is 0 Å². The highest BCUT2D eigenvalue weighted by molar-refractivity contribution is 7.84. The number of carbonyl (C=O) groups is 1. The van der Waals surface area contributed by atoms with Gasteiger partial charge in [0, 0.05) is 34.5 Å². The van der Waals surface area contributed by atoms with Gasteiger partial charge in [0.1, 0.15) is 0 Å². The first-order valence-electron chi connectivity index (χ1n) is 5.43. The number of anilines is 2. The molecule has 7 heteroatoms. The molecule has 18 heavy (non-hydrogen) atoms. The van der Waals surface area contributed by atoms with E-state index in [2.05, 4.69) is 5.32 Å². The average molecular weight is 290 g/mol. The first kappa shape index (κ1) is 14.8. The van der Waals surface area contributed by atoms with E-state index in [9.17, 15) is 9.00 Å². The van der Waals surface area contributed by atoms with E-state index < -0.39 is 16.7 Å². The Morgan fingerprint density at radius 2 is 2.17 bits per heavy atom. The minimum absolute atomic E-state index is 0.238. The van der Waals surface area contributed by atoms with Crippen molar-refractivity contribution in [2.75, 3.05) is 29.1 Å². The van der Waals surface area contributed by atoms with Crippen LogP contribution in [-0.2, 0) is 10.8 Å². The Morgan fingerprint density at radius 1 is 1.50 bits per heavy atom. The van der Waals surface area contributed by atoms with E-state index >= 15 is 0 Å². The maximum absolute atomic E-state index is 11.3. The fourth-order valence-electron chi connectivity index (χ4n) is 1.44. The zero-order chi connectivity index (χ0) is 13.7. The molecule has 0 aliphatic rings. The Bertz CT molecular complexity index is 480. The SMILES string of the molecule is CCS(=O)CCNc1c(Cl)cc(N)cc1C(N)=O. The maximum Gasteiger partial charge on any atom is 0.250 e. The van der Waals surface area contributed by atoms with Crippen LogP contribution in [-0.4, -0.2) is 28.2 Å². The summed E-state index contributed by atoms with van der Waals surface area (Å²) in [4.78, 5) is 11.3. The monoisotopic (exact) mass is 289 g/mol. The lowest BCUT2D eigenvalue weighted by molar-refractivity contribution is 0.100. The summed E-state index contributed by atoms with van der Waals surface area (Å²) in [6.45, 7) is 2.30. The van der Waals surface area contributed by atoms with Gasteiger partial charge in [-0.25, -0.2) is 0 Å². The summed E-state index contributed by atoms with van der Waals surface area (Å²) >= 11 is 6.00. The van der Waals surface area contributed by atoms with Crippen LogP contribution in [0.1, 0.15) is 17.3 Å². The quantitative estimate of drug-likeness (QED) is 0.685. The third kappa shape index (κ3) is 3.89. The fourth-order valence-corrected chi connectivity index (χ4v) is 2.35.